The van der Waals surface area contributed by atoms with Crippen molar-refractivity contribution in [3.05, 3.63) is 108 Å². The molecule has 0 aliphatic heterocycles. The molecule has 38 heavy (non-hydrogen) atoms. The Morgan fingerprint density at radius 1 is 1.00 bits per heavy atom. The number of hydrogen-bond donors (Lipinski definition) is 2. The molecule has 0 spiro atoms. The van der Waals surface area contributed by atoms with E-state index < -0.39 is 0 Å². The summed E-state index contributed by atoms with van der Waals surface area (Å²) in [6, 6.07) is 23.2. The van der Waals surface area contributed by atoms with Crippen LogP contribution in [0.5, 0.6) is 0 Å². The molecule has 1 saturated carbocycles. The van der Waals surface area contributed by atoms with E-state index in [4.69, 9.17) is 10.2 Å². The molecule has 3 aromatic carbocycles. The van der Waals surface area contributed by atoms with Gasteiger partial charge >= 0.3 is 0 Å². The van der Waals surface area contributed by atoms with Gasteiger partial charge in [0.05, 0.1) is 6.54 Å². The van der Waals surface area contributed by atoms with Crippen LogP contribution in [0.25, 0.3) is 33.2 Å². The number of carbonyl (C=O) groups is 2. The van der Waals surface area contributed by atoms with Crippen molar-refractivity contribution in [2.75, 3.05) is 5.73 Å². The second kappa shape index (κ2) is 9.59. The lowest BCUT2D eigenvalue weighted by atomic mass is 9.96. The van der Waals surface area contributed by atoms with Crippen LogP contribution in [0.15, 0.2) is 89.5 Å². The molecule has 2 unspecified atom stereocenters. The molecular weight excluding hydrogens is 481 g/mol. The number of nitrogens with zero attached hydrogens (tertiary/aromatic N) is 1. The van der Waals surface area contributed by atoms with Crippen molar-refractivity contribution in [2.45, 2.75) is 18.9 Å². The van der Waals surface area contributed by atoms with Crippen LogP contribution in [-0.2, 0) is 11.3 Å². The number of pyridine rings is 1. The predicted molar refractivity (Wildman–Crippen MR) is 144 cm³/mol. The molecule has 0 radical (unpaired) electrons. The molecule has 188 valence electrons. The highest BCUT2D eigenvalue weighted by molar-refractivity contribution is 5.97. The van der Waals surface area contributed by atoms with Crippen LogP contribution in [0.2, 0.25) is 0 Å². The van der Waals surface area contributed by atoms with E-state index in [0.29, 0.717) is 22.7 Å². The number of fused-ring (bicyclic) bond motifs is 1. The molecule has 2 heterocycles. The van der Waals surface area contributed by atoms with Gasteiger partial charge in [-0.05, 0) is 71.0 Å². The second-order valence-electron chi connectivity index (χ2n) is 9.58. The topological polar surface area (TPSA) is 98.2 Å². The van der Waals surface area contributed by atoms with Gasteiger partial charge in [-0.2, -0.15) is 0 Å². The van der Waals surface area contributed by atoms with E-state index in [1.807, 2.05) is 36.4 Å². The van der Waals surface area contributed by atoms with Gasteiger partial charge in [-0.25, -0.2) is 9.37 Å². The Bertz CT molecular complexity index is 1640. The number of anilines is 1. The molecule has 7 heteroatoms. The Labute approximate surface area is 218 Å². The van der Waals surface area contributed by atoms with Gasteiger partial charge in [0.25, 0.3) is 0 Å². The molecule has 1 amide bonds. The van der Waals surface area contributed by atoms with E-state index in [2.05, 4.69) is 10.3 Å². The van der Waals surface area contributed by atoms with Crippen LogP contribution in [0.4, 0.5) is 10.2 Å². The number of aromatic nitrogens is 1. The minimum atomic E-state index is -0.318. The number of halogens is 1. The molecule has 3 N–H and O–H groups in total. The monoisotopic (exact) mass is 505 g/mol. The third kappa shape index (κ3) is 4.66. The van der Waals surface area contributed by atoms with Gasteiger partial charge < -0.3 is 15.5 Å². The zero-order chi connectivity index (χ0) is 26.2. The van der Waals surface area contributed by atoms with Crippen molar-refractivity contribution in [2.24, 2.45) is 5.92 Å². The highest BCUT2D eigenvalue weighted by Crippen LogP contribution is 2.47. The lowest BCUT2D eigenvalue weighted by molar-refractivity contribution is -0.122. The number of benzene rings is 3. The molecule has 0 bridgehead atoms. The summed E-state index contributed by atoms with van der Waals surface area (Å²) in [5.41, 5.74) is 11.4. The summed E-state index contributed by atoms with van der Waals surface area (Å²) in [5.74, 6) is 0.791. The van der Waals surface area contributed by atoms with Gasteiger partial charge in [-0.3, -0.25) is 9.59 Å². The van der Waals surface area contributed by atoms with Crippen LogP contribution in [0.3, 0.4) is 0 Å². The van der Waals surface area contributed by atoms with Crippen LogP contribution in [0, 0.1) is 11.7 Å². The predicted octanol–water partition coefficient (Wildman–Crippen LogP) is 6.12. The van der Waals surface area contributed by atoms with E-state index in [1.54, 1.807) is 36.5 Å². The number of nitrogens with two attached hydrogens (primary N) is 1. The van der Waals surface area contributed by atoms with E-state index in [1.165, 1.54) is 12.1 Å². The van der Waals surface area contributed by atoms with E-state index in [-0.39, 0.29) is 30.1 Å². The first-order chi connectivity index (χ1) is 18.5. The Morgan fingerprint density at radius 3 is 2.47 bits per heavy atom. The molecule has 1 aliphatic carbocycles. The van der Waals surface area contributed by atoms with Crippen molar-refractivity contribution in [1.82, 2.24) is 10.3 Å². The number of rotatable bonds is 7. The Hall–Kier alpha value is -4.78. The molecule has 2 atom stereocenters. The van der Waals surface area contributed by atoms with Crippen molar-refractivity contribution in [3.8, 4) is 22.3 Å². The minimum absolute atomic E-state index is 0.0259. The SMILES string of the molecule is Nc1ccc(C2CC2C(=O)NCc2cc3cc(-c4ccc(C=O)cc4)cc(-c4ccc(F)cc4)c3o2)cn1. The van der Waals surface area contributed by atoms with E-state index >= 15 is 0 Å². The molecule has 6 rings (SSSR count). The average Bonchev–Trinajstić information content (AvgIpc) is 3.64. The number of furan rings is 1. The largest absolute Gasteiger partial charge is 0.459 e. The number of nitrogen functional groups attached to an aromatic ring is 1. The van der Waals surface area contributed by atoms with E-state index in [0.717, 1.165) is 45.9 Å². The number of nitrogens with one attached hydrogen (secondary N) is 1. The summed E-state index contributed by atoms with van der Waals surface area (Å²) in [4.78, 5) is 28.0. The van der Waals surface area contributed by atoms with Gasteiger partial charge in [0.2, 0.25) is 5.91 Å². The van der Waals surface area contributed by atoms with Gasteiger partial charge in [0.15, 0.2) is 0 Å². The Balaban J connectivity index is 1.27. The summed E-state index contributed by atoms with van der Waals surface area (Å²) in [6.07, 6.45) is 3.32. The van der Waals surface area contributed by atoms with Crippen LogP contribution in [-0.4, -0.2) is 17.2 Å². The normalized spacial score (nSPS) is 16.3. The summed E-state index contributed by atoms with van der Waals surface area (Å²) < 4.78 is 19.8. The number of hydrogen-bond acceptors (Lipinski definition) is 5. The zero-order valence-corrected chi connectivity index (χ0v) is 20.4. The highest BCUT2D eigenvalue weighted by atomic mass is 19.1. The highest BCUT2D eigenvalue weighted by Gasteiger charge is 2.44. The molecule has 1 fully saturated rings. The first-order valence-corrected chi connectivity index (χ1v) is 12.4. The lowest BCUT2D eigenvalue weighted by Crippen LogP contribution is -2.24. The van der Waals surface area contributed by atoms with Crippen molar-refractivity contribution in [1.29, 1.82) is 0 Å². The van der Waals surface area contributed by atoms with Gasteiger partial charge in [0.1, 0.15) is 29.3 Å². The number of carbonyl (C=O) groups excluding carboxylic acids is 2. The number of amides is 1. The quantitative estimate of drug-likeness (QED) is 0.260. The first kappa shape index (κ1) is 23.6. The third-order valence-corrected chi connectivity index (χ3v) is 7.00. The summed E-state index contributed by atoms with van der Waals surface area (Å²) in [7, 11) is 0. The maximum absolute atomic E-state index is 13.6. The van der Waals surface area contributed by atoms with Crippen molar-refractivity contribution < 1.29 is 18.4 Å². The molecule has 5 aromatic rings. The lowest BCUT2D eigenvalue weighted by Gasteiger charge is -2.08. The van der Waals surface area contributed by atoms with Gasteiger partial charge in [-0.15, -0.1) is 0 Å². The molecule has 2 aromatic heterocycles. The van der Waals surface area contributed by atoms with Crippen molar-refractivity contribution >= 4 is 29.0 Å². The van der Waals surface area contributed by atoms with Crippen LogP contribution in [0.1, 0.15) is 34.0 Å². The molecule has 0 saturated heterocycles. The zero-order valence-electron chi connectivity index (χ0n) is 20.4. The fourth-order valence-corrected chi connectivity index (χ4v) is 4.85. The number of aldehydes is 1. The summed E-state index contributed by atoms with van der Waals surface area (Å²) in [5, 5.41) is 3.86. The Kier molecular flexibility index (Phi) is 5.96. The maximum Gasteiger partial charge on any atom is 0.224 e. The summed E-state index contributed by atoms with van der Waals surface area (Å²) >= 11 is 0. The van der Waals surface area contributed by atoms with Crippen LogP contribution < -0.4 is 11.1 Å². The standard InChI is InChI=1S/C31H24FN3O3/c32-24-8-5-20(6-9-24)27-13-22(19-3-1-18(17-36)2-4-19)11-23-12-25(38-30(23)27)16-35-31(37)28-14-26(28)21-7-10-29(33)34-15-21/h1-13,15,17,26,28H,14,16H2,(H2,33,34)(H,35,37). The minimum Gasteiger partial charge on any atom is -0.459 e. The molecule has 6 nitrogen and oxygen atoms in total. The third-order valence-electron chi connectivity index (χ3n) is 7.00. The second-order valence-corrected chi connectivity index (χ2v) is 9.58. The Morgan fingerprint density at radius 2 is 1.76 bits per heavy atom. The first-order valence-electron chi connectivity index (χ1n) is 12.4. The van der Waals surface area contributed by atoms with Crippen LogP contribution >= 0.6 is 0 Å². The summed E-state index contributed by atoms with van der Waals surface area (Å²) in [6.45, 7) is 0.253. The van der Waals surface area contributed by atoms with E-state index in [9.17, 15) is 14.0 Å². The van der Waals surface area contributed by atoms with Gasteiger partial charge in [0, 0.05) is 28.6 Å². The molecular formula is C31H24FN3O3. The molecule has 1 aliphatic rings. The smallest absolute Gasteiger partial charge is 0.224 e. The fraction of sp³-hybridized carbons (Fsp3) is 0.129. The maximum atomic E-state index is 13.6. The average molecular weight is 506 g/mol. The van der Waals surface area contributed by atoms with Crippen molar-refractivity contribution in [3.63, 3.8) is 0 Å². The van der Waals surface area contributed by atoms with Gasteiger partial charge in [-0.1, -0.05) is 42.5 Å². The fourth-order valence-electron chi connectivity index (χ4n) is 4.85.